The number of ether oxygens (including phenoxy) is 2. The van der Waals surface area contributed by atoms with Gasteiger partial charge in [0, 0.05) is 26.7 Å². The molecule has 0 unspecified atom stereocenters. The summed E-state index contributed by atoms with van der Waals surface area (Å²) >= 11 is 0. The average Bonchev–Trinajstić information content (AvgIpc) is 3.08. The zero-order valence-corrected chi connectivity index (χ0v) is 16.5. The molecule has 0 aromatic heterocycles. The summed E-state index contributed by atoms with van der Waals surface area (Å²) in [5.41, 5.74) is 1.79. The summed E-state index contributed by atoms with van der Waals surface area (Å²) in [5, 5.41) is 3.55. The third-order valence-electron chi connectivity index (χ3n) is 6.01. The fourth-order valence-corrected chi connectivity index (χ4v) is 4.51. The van der Waals surface area contributed by atoms with Crippen molar-refractivity contribution in [2.45, 2.75) is 44.9 Å². The fraction of sp³-hybridized carbons (Fsp3) is 0.667. The van der Waals surface area contributed by atoms with Gasteiger partial charge in [-0.25, -0.2) is 0 Å². The molecule has 0 atom stereocenters. The highest BCUT2D eigenvalue weighted by atomic mass is 16.5. The lowest BCUT2D eigenvalue weighted by atomic mass is 9.73. The van der Waals surface area contributed by atoms with E-state index in [1.807, 2.05) is 13.1 Å². The topological polar surface area (TPSA) is 46.1 Å². The van der Waals surface area contributed by atoms with Crippen molar-refractivity contribution in [2.24, 2.45) is 10.4 Å². The maximum atomic E-state index is 5.39. The van der Waals surface area contributed by atoms with Crippen molar-refractivity contribution in [1.29, 1.82) is 0 Å². The Morgan fingerprint density at radius 1 is 1.12 bits per heavy atom. The van der Waals surface area contributed by atoms with E-state index in [1.165, 1.54) is 50.6 Å². The molecule has 1 heterocycles. The SMILES string of the molecule is CN=C(NCCc1ccc(OC)c(OC)c1)N1CCC2(CCCCC2)C1. The Balaban J connectivity index is 1.52. The maximum absolute atomic E-state index is 5.39. The number of likely N-dealkylation sites (tertiary alicyclic amines) is 1. The second-order valence-electron chi connectivity index (χ2n) is 7.65. The van der Waals surface area contributed by atoms with Crippen molar-refractivity contribution in [3.8, 4) is 11.5 Å². The van der Waals surface area contributed by atoms with Gasteiger partial charge in [-0.3, -0.25) is 4.99 Å². The second kappa shape index (κ2) is 8.65. The molecule has 0 bridgehead atoms. The zero-order valence-electron chi connectivity index (χ0n) is 16.5. The minimum absolute atomic E-state index is 0.555. The lowest BCUT2D eigenvalue weighted by Gasteiger charge is -2.33. The highest BCUT2D eigenvalue weighted by Gasteiger charge is 2.39. The van der Waals surface area contributed by atoms with Crippen molar-refractivity contribution in [1.82, 2.24) is 10.2 Å². The van der Waals surface area contributed by atoms with E-state index in [0.29, 0.717) is 5.41 Å². The van der Waals surface area contributed by atoms with Gasteiger partial charge in [-0.1, -0.05) is 25.3 Å². The second-order valence-corrected chi connectivity index (χ2v) is 7.65. The molecule has 1 saturated heterocycles. The van der Waals surface area contributed by atoms with Crippen LogP contribution in [0, 0.1) is 5.41 Å². The molecule has 1 N–H and O–H groups in total. The summed E-state index contributed by atoms with van der Waals surface area (Å²) in [4.78, 5) is 6.99. The predicted molar refractivity (Wildman–Crippen MR) is 106 cm³/mol. The first-order chi connectivity index (χ1) is 12.7. The molecule has 144 valence electrons. The molecule has 1 aromatic carbocycles. The summed E-state index contributed by atoms with van der Waals surface area (Å²) < 4.78 is 10.7. The molecule has 0 radical (unpaired) electrons. The van der Waals surface area contributed by atoms with E-state index in [-0.39, 0.29) is 0 Å². The van der Waals surface area contributed by atoms with Crippen LogP contribution in [-0.2, 0) is 6.42 Å². The molecule has 3 rings (SSSR count). The number of benzene rings is 1. The van der Waals surface area contributed by atoms with Crippen LogP contribution in [0.4, 0.5) is 0 Å². The van der Waals surface area contributed by atoms with Gasteiger partial charge in [0.05, 0.1) is 14.2 Å². The molecule has 1 aromatic rings. The summed E-state index contributed by atoms with van der Waals surface area (Å²) in [6.07, 6.45) is 9.26. The van der Waals surface area contributed by atoms with Crippen molar-refractivity contribution in [2.75, 3.05) is 40.9 Å². The molecule has 1 aliphatic heterocycles. The number of guanidine groups is 1. The van der Waals surface area contributed by atoms with E-state index in [2.05, 4.69) is 27.3 Å². The summed E-state index contributed by atoms with van der Waals surface area (Å²) in [6, 6.07) is 6.12. The fourth-order valence-electron chi connectivity index (χ4n) is 4.51. The Morgan fingerprint density at radius 3 is 2.58 bits per heavy atom. The van der Waals surface area contributed by atoms with Crippen LogP contribution in [0.15, 0.2) is 23.2 Å². The molecule has 5 nitrogen and oxygen atoms in total. The van der Waals surface area contributed by atoms with Gasteiger partial charge in [-0.2, -0.15) is 0 Å². The number of methoxy groups -OCH3 is 2. The van der Waals surface area contributed by atoms with Gasteiger partial charge in [-0.05, 0) is 48.8 Å². The normalized spacial score (nSPS) is 19.7. The number of aliphatic imine (C=N–C) groups is 1. The molecular formula is C21H33N3O2. The Morgan fingerprint density at radius 2 is 1.88 bits per heavy atom. The average molecular weight is 360 g/mol. The van der Waals surface area contributed by atoms with Crippen molar-refractivity contribution in [3.63, 3.8) is 0 Å². The van der Waals surface area contributed by atoms with Crippen LogP contribution in [0.5, 0.6) is 11.5 Å². The molecule has 26 heavy (non-hydrogen) atoms. The summed E-state index contributed by atoms with van der Waals surface area (Å²) in [5.74, 6) is 2.61. The van der Waals surface area contributed by atoms with E-state index in [0.717, 1.165) is 37.0 Å². The van der Waals surface area contributed by atoms with Crippen LogP contribution in [0.1, 0.15) is 44.1 Å². The Kier molecular flexibility index (Phi) is 6.28. The Bertz CT molecular complexity index is 624. The zero-order chi connectivity index (χ0) is 18.4. The van der Waals surface area contributed by atoms with Gasteiger partial charge in [0.2, 0.25) is 0 Å². The van der Waals surface area contributed by atoms with Crippen molar-refractivity contribution < 1.29 is 9.47 Å². The monoisotopic (exact) mass is 359 g/mol. The van der Waals surface area contributed by atoms with Crippen LogP contribution in [0.25, 0.3) is 0 Å². The number of nitrogens with one attached hydrogen (secondary N) is 1. The first-order valence-electron chi connectivity index (χ1n) is 9.86. The number of hydrogen-bond donors (Lipinski definition) is 1. The molecule has 5 heteroatoms. The van der Waals surface area contributed by atoms with Gasteiger partial charge in [0.15, 0.2) is 17.5 Å². The minimum Gasteiger partial charge on any atom is -0.493 e. The van der Waals surface area contributed by atoms with Crippen LogP contribution < -0.4 is 14.8 Å². The minimum atomic E-state index is 0.555. The van der Waals surface area contributed by atoms with E-state index < -0.39 is 0 Å². The molecule has 0 amide bonds. The van der Waals surface area contributed by atoms with Gasteiger partial charge in [-0.15, -0.1) is 0 Å². The van der Waals surface area contributed by atoms with Crippen LogP contribution in [0.2, 0.25) is 0 Å². The Labute approximate surface area is 157 Å². The van der Waals surface area contributed by atoms with Gasteiger partial charge in [0.1, 0.15) is 0 Å². The number of hydrogen-bond acceptors (Lipinski definition) is 3. The van der Waals surface area contributed by atoms with Crippen molar-refractivity contribution in [3.05, 3.63) is 23.8 Å². The van der Waals surface area contributed by atoms with Crippen LogP contribution in [0.3, 0.4) is 0 Å². The highest BCUT2D eigenvalue weighted by molar-refractivity contribution is 5.80. The lowest BCUT2D eigenvalue weighted by molar-refractivity contribution is 0.203. The van der Waals surface area contributed by atoms with E-state index in [9.17, 15) is 0 Å². The van der Waals surface area contributed by atoms with Gasteiger partial charge < -0.3 is 19.7 Å². The lowest BCUT2D eigenvalue weighted by Crippen LogP contribution is -2.42. The number of rotatable bonds is 5. The van der Waals surface area contributed by atoms with Gasteiger partial charge in [0.25, 0.3) is 0 Å². The largest absolute Gasteiger partial charge is 0.493 e. The summed E-state index contributed by atoms with van der Waals surface area (Å²) in [7, 11) is 5.24. The van der Waals surface area contributed by atoms with Gasteiger partial charge >= 0.3 is 0 Å². The molecule has 1 saturated carbocycles. The van der Waals surface area contributed by atoms with E-state index >= 15 is 0 Å². The van der Waals surface area contributed by atoms with E-state index in [4.69, 9.17) is 9.47 Å². The molecule has 2 fully saturated rings. The van der Waals surface area contributed by atoms with Crippen LogP contribution in [-0.4, -0.2) is 51.8 Å². The third kappa shape index (κ3) is 4.25. The number of nitrogens with zero attached hydrogens (tertiary/aromatic N) is 2. The first-order valence-corrected chi connectivity index (χ1v) is 9.86. The summed E-state index contributed by atoms with van der Waals surface area (Å²) in [6.45, 7) is 3.17. The first kappa shape index (κ1) is 18.9. The van der Waals surface area contributed by atoms with Crippen molar-refractivity contribution >= 4 is 5.96 Å². The van der Waals surface area contributed by atoms with Crippen LogP contribution >= 0.6 is 0 Å². The maximum Gasteiger partial charge on any atom is 0.193 e. The molecular weight excluding hydrogens is 326 g/mol. The highest BCUT2D eigenvalue weighted by Crippen LogP contribution is 2.43. The molecule has 1 spiro atoms. The smallest absolute Gasteiger partial charge is 0.193 e. The molecule has 1 aliphatic carbocycles. The third-order valence-corrected chi connectivity index (χ3v) is 6.01. The Hall–Kier alpha value is -1.91. The van der Waals surface area contributed by atoms with E-state index in [1.54, 1.807) is 14.2 Å². The standard InChI is InChI=1S/C21H33N3O2/c1-22-20(24-14-12-21(16-24)10-5-4-6-11-21)23-13-9-17-7-8-18(25-2)19(15-17)26-3/h7-8,15H,4-6,9-14,16H2,1-3H3,(H,22,23). The quantitative estimate of drug-likeness (QED) is 0.646. The molecule has 2 aliphatic rings. The predicted octanol–water partition coefficient (Wildman–Crippen LogP) is 3.48.